The van der Waals surface area contributed by atoms with Crippen LogP contribution >= 0.6 is 11.3 Å². The third-order valence-electron chi connectivity index (χ3n) is 2.50. The van der Waals surface area contributed by atoms with Crippen LogP contribution in [0, 0.1) is 0 Å². The molecule has 1 atom stereocenters. The van der Waals surface area contributed by atoms with Gasteiger partial charge in [-0.1, -0.05) is 6.92 Å². The van der Waals surface area contributed by atoms with Gasteiger partial charge in [0.1, 0.15) is 0 Å². The van der Waals surface area contributed by atoms with Gasteiger partial charge in [-0.2, -0.15) is 0 Å². The fourth-order valence-electron chi connectivity index (χ4n) is 1.50. The summed E-state index contributed by atoms with van der Waals surface area (Å²) in [6.45, 7) is 4.01. The maximum absolute atomic E-state index is 5.52. The fourth-order valence-corrected chi connectivity index (χ4v) is 2.54. The van der Waals surface area contributed by atoms with Gasteiger partial charge >= 0.3 is 0 Å². The van der Waals surface area contributed by atoms with E-state index in [9.17, 15) is 0 Å². The minimum Gasteiger partial charge on any atom is -0.382 e. The normalized spacial score (nSPS) is 12.9. The largest absolute Gasteiger partial charge is 0.382 e. The number of thiophene rings is 1. The molecule has 0 fully saturated rings. The van der Waals surface area contributed by atoms with Crippen molar-refractivity contribution in [3.05, 3.63) is 21.9 Å². The molecule has 1 rings (SSSR count). The third-order valence-corrected chi connectivity index (χ3v) is 3.75. The Labute approximate surface area is 107 Å². The Morgan fingerprint density at radius 1 is 1.35 bits per heavy atom. The zero-order valence-electron chi connectivity index (χ0n) is 10.6. The molecule has 17 heavy (non-hydrogen) atoms. The molecule has 0 amide bonds. The summed E-state index contributed by atoms with van der Waals surface area (Å²) in [6.07, 6.45) is 2.00. The summed E-state index contributed by atoms with van der Waals surface area (Å²) in [4.78, 5) is 2.76. The summed E-state index contributed by atoms with van der Waals surface area (Å²) < 4.78 is 10.4. The van der Waals surface area contributed by atoms with Crippen LogP contribution in [0.5, 0.6) is 0 Å². The van der Waals surface area contributed by atoms with Crippen molar-refractivity contribution >= 4 is 11.3 Å². The van der Waals surface area contributed by atoms with Crippen LogP contribution in [0.25, 0.3) is 0 Å². The average molecular weight is 258 g/mol. The zero-order chi connectivity index (χ0) is 12.5. The Balaban J connectivity index is 2.30. The van der Waals surface area contributed by atoms with Crippen molar-refractivity contribution in [1.82, 2.24) is 5.43 Å². The molecular formula is C12H22N2O2S. The molecule has 0 aliphatic carbocycles. The Morgan fingerprint density at radius 3 is 2.71 bits per heavy atom. The molecule has 0 aliphatic heterocycles. The Hall–Kier alpha value is -0.460. The van der Waals surface area contributed by atoms with Crippen molar-refractivity contribution in [2.45, 2.75) is 25.8 Å². The molecule has 1 heterocycles. The lowest BCUT2D eigenvalue weighted by atomic mass is 10.2. The van der Waals surface area contributed by atoms with E-state index in [1.165, 1.54) is 9.75 Å². The lowest BCUT2D eigenvalue weighted by Gasteiger charge is -2.15. The Kier molecular flexibility index (Phi) is 7.39. The zero-order valence-corrected chi connectivity index (χ0v) is 11.4. The highest BCUT2D eigenvalue weighted by atomic mass is 32.1. The molecule has 0 saturated carbocycles. The minimum absolute atomic E-state index is 0.162. The van der Waals surface area contributed by atoms with Gasteiger partial charge in [-0.15, -0.1) is 11.3 Å². The lowest BCUT2D eigenvalue weighted by molar-refractivity contribution is 0.0588. The van der Waals surface area contributed by atoms with Gasteiger partial charge in [0, 0.05) is 29.3 Å². The van der Waals surface area contributed by atoms with Crippen LogP contribution in [0.15, 0.2) is 12.1 Å². The number of methoxy groups -OCH3 is 1. The molecule has 0 bridgehead atoms. The lowest BCUT2D eigenvalue weighted by Crippen LogP contribution is -2.40. The van der Waals surface area contributed by atoms with Gasteiger partial charge in [-0.25, -0.2) is 0 Å². The quantitative estimate of drug-likeness (QED) is 0.399. The van der Waals surface area contributed by atoms with Gasteiger partial charge in [0.25, 0.3) is 0 Å². The predicted octanol–water partition coefficient (Wildman–Crippen LogP) is 1.35. The summed E-state index contributed by atoms with van der Waals surface area (Å²) in [6, 6.07) is 4.51. The van der Waals surface area contributed by atoms with Crippen LogP contribution in [0.3, 0.4) is 0 Å². The standard InChI is InChI=1S/C12H22N2O2S/c1-3-11-4-5-12(17-11)8-10(14-13)9-16-7-6-15-2/h4-5,10,14H,3,6-9,13H2,1-2H3. The van der Waals surface area contributed by atoms with Gasteiger partial charge in [-0.3, -0.25) is 11.3 Å². The van der Waals surface area contributed by atoms with Crippen molar-refractivity contribution < 1.29 is 9.47 Å². The van der Waals surface area contributed by atoms with E-state index in [-0.39, 0.29) is 6.04 Å². The molecule has 0 aliphatic rings. The van der Waals surface area contributed by atoms with Gasteiger partial charge in [0.2, 0.25) is 0 Å². The van der Waals surface area contributed by atoms with E-state index in [1.807, 2.05) is 11.3 Å². The topological polar surface area (TPSA) is 56.5 Å². The highest BCUT2D eigenvalue weighted by Crippen LogP contribution is 2.18. The first-order valence-electron chi connectivity index (χ1n) is 5.90. The molecular weight excluding hydrogens is 236 g/mol. The van der Waals surface area contributed by atoms with Crippen molar-refractivity contribution in [2.75, 3.05) is 26.9 Å². The van der Waals surface area contributed by atoms with E-state index in [2.05, 4.69) is 24.5 Å². The second kappa shape index (κ2) is 8.60. The van der Waals surface area contributed by atoms with E-state index in [1.54, 1.807) is 7.11 Å². The summed E-state index contributed by atoms with van der Waals surface area (Å²) in [7, 11) is 1.67. The molecule has 5 heteroatoms. The smallest absolute Gasteiger partial charge is 0.0701 e. The van der Waals surface area contributed by atoms with Crippen molar-refractivity contribution in [2.24, 2.45) is 5.84 Å². The molecule has 1 aromatic rings. The monoisotopic (exact) mass is 258 g/mol. The van der Waals surface area contributed by atoms with Crippen LogP contribution in [0.2, 0.25) is 0 Å². The molecule has 0 aromatic carbocycles. The van der Waals surface area contributed by atoms with Crippen LogP contribution < -0.4 is 11.3 Å². The van der Waals surface area contributed by atoms with Crippen molar-refractivity contribution in [3.8, 4) is 0 Å². The Morgan fingerprint density at radius 2 is 2.12 bits per heavy atom. The third kappa shape index (κ3) is 5.61. The van der Waals surface area contributed by atoms with Crippen LogP contribution in [0.1, 0.15) is 16.7 Å². The van der Waals surface area contributed by atoms with E-state index < -0.39 is 0 Å². The number of ether oxygens (including phenoxy) is 2. The van der Waals surface area contributed by atoms with Crippen molar-refractivity contribution in [1.29, 1.82) is 0 Å². The predicted molar refractivity (Wildman–Crippen MR) is 71.2 cm³/mol. The summed E-state index contributed by atoms with van der Waals surface area (Å²) in [5, 5.41) is 0. The number of hydrogen-bond acceptors (Lipinski definition) is 5. The maximum Gasteiger partial charge on any atom is 0.0701 e. The van der Waals surface area contributed by atoms with Gasteiger partial charge in [0.05, 0.1) is 19.8 Å². The van der Waals surface area contributed by atoms with Gasteiger partial charge < -0.3 is 9.47 Å². The van der Waals surface area contributed by atoms with Crippen LogP contribution in [-0.2, 0) is 22.3 Å². The molecule has 3 N–H and O–H groups in total. The molecule has 1 aromatic heterocycles. The SMILES string of the molecule is CCc1ccc(CC(COCCOC)NN)s1. The van der Waals surface area contributed by atoms with E-state index >= 15 is 0 Å². The van der Waals surface area contributed by atoms with Crippen LogP contribution in [0.4, 0.5) is 0 Å². The molecule has 1 unspecified atom stereocenters. The highest BCUT2D eigenvalue weighted by molar-refractivity contribution is 7.11. The molecule has 4 nitrogen and oxygen atoms in total. The molecule has 0 spiro atoms. The van der Waals surface area contributed by atoms with E-state index in [0.29, 0.717) is 19.8 Å². The van der Waals surface area contributed by atoms with Crippen molar-refractivity contribution in [3.63, 3.8) is 0 Å². The highest BCUT2D eigenvalue weighted by Gasteiger charge is 2.09. The second-order valence-corrected chi connectivity index (χ2v) is 5.11. The maximum atomic E-state index is 5.52. The van der Waals surface area contributed by atoms with Gasteiger partial charge in [-0.05, 0) is 18.6 Å². The summed E-state index contributed by atoms with van der Waals surface area (Å²) >= 11 is 1.84. The first-order valence-corrected chi connectivity index (χ1v) is 6.72. The number of hydrazine groups is 1. The number of rotatable bonds is 9. The average Bonchev–Trinajstić information content (AvgIpc) is 2.80. The number of nitrogens with two attached hydrogens (primary N) is 1. The first kappa shape index (κ1) is 14.6. The van der Waals surface area contributed by atoms with Crippen LogP contribution in [-0.4, -0.2) is 33.0 Å². The molecule has 0 saturated heterocycles. The fraction of sp³-hybridized carbons (Fsp3) is 0.667. The van der Waals surface area contributed by atoms with E-state index in [0.717, 1.165) is 12.8 Å². The first-order chi connectivity index (χ1) is 8.30. The van der Waals surface area contributed by atoms with E-state index in [4.69, 9.17) is 15.3 Å². The minimum atomic E-state index is 0.162. The Bertz CT molecular complexity index is 304. The summed E-state index contributed by atoms with van der Waals surface area (Å²) in [5.74, 6) is 5.52. The number of hydrogen-bond donors (Lipinski definition) is 2. The number of aryl methyl sites for hydroxylation is 1. The summed E-state index contributed by atoms with van der Waals surface area (Å²) in [5.41, 5.74) is 2.80. The second-order valence-electron chi connectivity index (χ2n) is 3.86. The molecule has 0 radical (unpaired) electrons. The number of nitrogens with one attached hydrogen (secondary N) is 1. The molecule has 98 valence electrons. The van der Waals surface area contributed by atoms with Gasteiger partial charge in [0.15, 0.2) is 0 Å².